The number of allylic oxidation sites excluding steroid dienone is 1. The number of aryl methyl sites for hydroxylation is 1. The van der Waals surface area contributed by atoms with Crippen LogP contribution in [0.1, 0.15) is 78.7 Å². The van der Waals surface area contributed by atoms with Gasteiger partial charge in [0.05, 0.1) is 12.1 Å². The van der Waals surface area contributed by atoms with Crippen LogP contribution in [0.4, 0.5) is 5.69 Å². The summed E-state index contributed by atoms with van der Waals surface area (Å²) in [5, 5.41) is 14.8. The molecule has 1 N–H and O–H groups in total. The number of carboxylic acids is 1. The van der Waals surface area contributed by atoms with E-state index in [0.717, 1.165) is 66.9 Å². The maximum absolute atomic E-state index is 11.5. The standard InChI is InChI=1S/C34H35N3O4/c1-3-40-30-18-29(33(38)39)35-28-11-10-24(17-26(28)30)37-14-12-34(13-15-37)19-22(20-34)16-27-31(25-7-5-4-6-21(25)2)36-41-32(27)23-8-9-23/h4-7,10-11,16-18,23H,3,8-9,12-15,19-20H2,1-2H3,(H,38,39). The number of ether oxygens (including phenoxy) is 1. The summed E-state index contributed by atoms with van der Waals surface area (Å²) < 4.78 is 11.7. The first kappa shape index (κ1) is 25.8. The Morgan fingerprint density at radius 1 is 1.15 bits per heavy atom. The Morgan fingerprint density at radius 2 is 1.93 bits per heavy atom. The predicted octanol–water partition coefficient (Wildman–Crippen LogP) is 7.64. The maximum Gasteiger partial charge on any atom is 0.354 e. The molecule has 1 aliphatic heterocycles. The lowest BCUT2D eigenvalue weighted by atomic mass is 9.60. The van der Waals surface area contributed by atoms with Gasteiger partial charge in [0.1, 0.15) is 17.2 Å². The number of benzene rings is 2. The van der Waals surface area contributed by atoms with Gasteiger partial charge in [-0.2, -0.15) is 0 Å². The van der Waals surface area contributed by atoms with E-state index in [9.17, 15) is 9.90 Å². The molecule has 0 unspecified atom stereocenters. The molecule has 0 radical (unpaired) electrons. The number of pyridine rings is 1. The third-order valence-electron chi connectivity index (χ3n) is 9.12. The van der Waals surface area contributed by atoms with E-state index < -0.39 is 5.97 Å². The molecule has 1 saturated heterocycles. The highest BCUT2D eigenvalue weighted by Gasteiger charge is 2.43. The van der Waals surface area contributed by atoms with Crippen LogP contribution in [0, 0.1) is 12.3 Å². The number of anilines is 1. The van der Waals surface area contributed by atoms with Gasteiger partial charge in [-0.15, -0.1) is 0 Å². The van der Waals surface area contributed by atoms with Crippen molar-refractivity contribution in [2.75, 3.05) is 24.6 Å². The Morgan fingerprint density at radius 3 is 2.63 bits per heavy atom. The fourth-order valence-corrected chi connectivity index (χ4v) is 6.70. The summed E-state index contributed by atoms with van der Waals surface area (Å²) in [6, 6.07) is 16.0. The van der Waals surface area contributed by atoms with Crippen molar-refractivity contribution in [3.63, 3.8) is 0 Å². The summed E-state index contributed by atoms with van der Waals surface area (Å²) in [7, 11) is 0. The van der Waals surface area contributed by atoms with E-state index >= 15 is 0 Å². The summed E-state index contributed by atoms with van der Waals surface area (Å²) in [4.78, 5) is 18.3. The molecule has 3 fully saturated rings. The number of aromatic carboxylic acids is 1. The topological polar surface area (TPSA) is 88.7 Å². The van der Waals surface area contributed by atoms with Crippen LogP contribution < -0.4 is 9.64 Å². The second-order valence-corrected chi connectivity index (χ2v) is 12.0. The monoisotopic (exact) mass is 549 g/mol. The van der Waals surface area contributed by atoms with Gasteiger partial charge in [-0.05, 0) is 87.6 Å². The number of carboxylic acid groups (broad SMARTS) is 1. The third-order valence-corrected chi connectivity index (χ3v) is 9.12. The summed E-state index contributed by atoms with van der Waals surface area (Å²) in [5.41, 5.74) is 8.22. The Kier molecular flexibility index (Phi) is 6.33. The molecule has 0 amide bonds. The molecule has 2 aliphatic carbocycles. The molecule has 0 bridgehead atoms. The van der Waals surface area contributed by atoms with Crippen LogP contribution in [0.15, 0.2) is 58.6 Å². The number of aromatic nitrogens is 2. The van der Waals surface area contributed by atoms with Crippen LogP contribution in [0.2, 0.25) is 0 Å². The molecule has 210 valence electrons. The summed E-state index contributed by atoms with van der Waals surface area (Å²) in [5.74, 6) is 1.11. The first-order valence-electron chi connectivity index (χ1n) is 14.7. The third kappa shape index (κ3) is 4.77. The molecule has 2 aromatic carbocycles. The van der Waals surface area contributed by atoms with Crippen molar-refractivity contribution >= 4 is 28.6 Å². The van der Waals surface area contributed by atoms with Gasteiger partial charge >= 0.3 is 5.97 Å². The van der Waals surface area contributed by atoms with E-state index in [1.54, 1.807) is 0 Å². The molecule has 3 aliphatic rings. The average Bonchev–Trinajstić information content (AvgIpc) is 3.72. The van der Waals surface area contributed by atoms with Gasteiger partial charge in [-0.25, -0.2) is 9.78 Å². The summed E-state index contributed by atoms with van der Waals surface area (Å²) in [6.45, 7) is 6.51. The van der Waals surface area contributed by atoms with E-state index in [4.69, 9.17) is 9.26 Å². The molecule has 7 nitrogen and oxygen atoms in total. The molecule has 7 heteroatoms. The normalized spacial score (nSPS) is 18.0. The quantitative estimate of drug-likeness (QED) is 0.253. The highest BCUT2D eigenvalue weighted by molar-refractivity contribution is 5.94. The lowest BCUT2D eigenvalue weighted by molar-refractivity contribution is 0.0690. The van der Waals surface area contributed by atoms with Crippen LogP contribution in [0.5, 0.6) is 5.75 Å². The second-order valence-electron chi connectivity index (χ2n) is 12.0. The molecule has 1 spiro atoms. The van der Waals surface area contributed by atoms with Gasteiger partial charge < -0.3 is 19.3 Å². The summed E-state index contributed by atoms with van der Waals surface area (Å²) >= 11 is 0. The van der Waals surface area contributed by atoms with Gasteiger partial charge in [0, 0.05) is 47.3 Å². The molecule has 2 saturated carbocycles. The molecular weight excluding hydrogens is 514 g/mol. The van der Waals surface area contributed by atoms with Crippen molar-refractivity contribution in [3.05, 3.63) is 76.7 Å². The minimum atomic E-state index is -1.05. The van der Waals surface area contributed by atoms with Crippen LogP contribution in [0.25, 0.3) is 28.2 Å². The zero-order valence-corrected chi connectivity index (χ0v) is 23.7. The minimum absolute atomic E-state index is 0.00364. The Balaban J connectivity index is 1.08. The molecular formula is C34H35N3O4. The molecule has 4 aromatic rings. The Bertz CT molecular complexity index is 1660. The first-order valence-corrected chi connectivity index (χ1v) is 14.7. The number of rotatable bonds is 7. The molecule has 0 atom stereocenters. The minimum Gasteiger partial charge on any atom is -0.493 e. The first-order chi connectivity index (χ1) is 19.9. The van der Waals surface area contributed by atoms with Crippen molar-refractivity contribution in [2.45, 2.75) is 58.3 Å². The van der Waals surface area contributed by atoms with E-state index in [1.807, 2.05) is 13.0 Å². The highest BCUT2D eigenvalue weighted by atomic mass is 16.5. The smallest absolute Gasteiger partial charge is 0.354 e. The van der Waals surface area contributed by atoms with Crippen molar-refractivity contribution in [1.82, 2.24) is 10.1 Å². The highest BCUT2D eigenvalue weighted by Crippen LogP contribution is 2.54. The number of nitrogens with zero attached hydrogens (tertiary/aromatic N) is 3. The number of fused-ring (bicyclic) bond motifs is 1. The number of carbonyl (C=O) groups is 1. The number of piperidine rings is 1. The van der Waals surface area contributed by atoms with Crippen molar-refractivity contribution in [2.24, 2.45) is 5.41 Å². The SMILES string of the molecule is CCOc1cc(C(=O)O)nc2ccc(N3CCC4(CC3)CC(=Cc3c(-c5ccccc5C)noc3C3CC3)C4)cc12. The lowest BCUT2D eigenvalue weighted by Gasteiger charge is -2.50. The lowest BCUT2D eigenvalue weighted by Crippen LogP contribution is -2.44. The molecule has 7 rings (SSSR count). The van der Waals surface area contributed by atoms with Crippen molar-refractivity contribution in [3.8, 4) is 17.0 Å². The van der Waals surface area contributed by atoms with Crippen molar-refractivity contribution in [1.29, 1.82) is 0 Å². The molecule has 41 heavy (non-hydrogen) atoms. The summed E-state index contributed by atoms with van der Waals surface area (Å²) in [6.07, 6.45) is 9.35. The van der Waals surface area contributed by atoms with Crippen LogP contribution in [-0.2, 0) is 0 Å². The van der Waals surface area contributed by atoms with E-state index in [-0.39, 0.29) is 5.69 Å². The zero-order valence-electron chi connectivity index (χ0n) is 23.7. The van der Waals surface area contributed by atoms with Crippen molar-refractivity contribution < 1.29 is 19.2 Å². The van der Waals surface area contributed by atoms with Crippen LogP contribution in [0.3, 0.4) is 0 Å². The zero-order chi connectivity index (χ0) is 28.1. The number of hydrogen-bond donors (Lipinski definition) is 1. The van der Waals surface area contributed by atoms with E-state index in [0.29, 0.717) is 29.2 Å². The fraction of sp³-hybridized carbons (Fsp3) is 0.382. The van der Waals surface area contributed by atoms with Gasteiger partial charge in [-0.1, -0.05) is 35.0 Å². The second kappa shape index (κ2) is 10.1. The number of hydrogen-bond acceptors (Lipinski definition) is 6. The molecule has 2 aromatic heterocycles. The van der Waals surface area contributed by atoms with E-state index in [1.165, 1.54) is 35.6 Å². The maximum atomic E-state index is 11.5. The van der Waals surface area contributed by atoms with Gasteiger partial charge in [-0.3, -0.25) is 0 Å². The van der Waals surface area contributed by atoms with Crippen LogP contribution >= 0.6 is 0 Å². The van der Waals surface area contributed by atoms with Gasteiger partial charge in [0.2, 0.25) is 0 Å². The van der Waals surface area contributed by atoms with Crippen LogP contribution in [-0.4, -0.2) is 40.9 Å². The Labute approximate surface area is 239 Å². The van der Waals surface area contributed by atoms with Gasteiger partial charge in [0.15, 0.2) is 5.69 Å². The Hall–Kier alpha value is -4.13. The van der Waals surface area contributed by atoms with E-state index in [2.05, 4.69) is 64.4 Å². The largest absolute Gasteiger partial charge is 0.493 e. The average molecular weight is 550 g/mol. The van der Waals surface area contributed by atoms with Gasteiger partial charge in [0.25, 0.3) is 0 Å². The predicted molar refractivity (Wildman–Crippen MR) is 160 cm³/mol. The molecule has 3 heterocycles. The fourth-order valence-electron chi connectivity index (χ4n) is 6.70.